The second kappa shape index (κ2) is 6.75. The summed E-state index contributed by atoms with van der Waals surface area (Å²) in [6.07, 6.45) is 2.74. The van der Waals surface area contributed by atoms with Gasteiger partial charge < -0.3 is 5.32 Å². The molecule has 114 valence electrons. The summed E-state index contributed by atoms with van der Waals surface area (Å²) in [5.74, 6) is 0. The molecule has 0 radical (unpaired) electrons. The summed E-state index contributed by atoms with van der Waals surface area (Å²) in [7, 11) is 2.07. The third-order valence-electron chi connectivity index (χ3n) is 3.75. The molecule has 1 atom stereocenters. The average Bonchev–Trinajstić information content (AvgIpc) is 2.94. The molecule has 1 fully saturated rings. The molecule has 1 saturated heterocycles. The molecule has 21 heavy (non-hydrogen) atoms. The van der Waals surface area contributed by atoms with Crippen molar-refractivity contribution in [2.75, 3.05) is 20.1 Å². The zero-order valence-corrected chi connectivity index (χ0v) is 13.3. The molecule has 3 heterocycles. The number of likely N-dealkylation sites (N-methyl/N-ethyl adjacent to an activating group) is 1. The van der Waals surface area contributed by atoms with Crippen LogP contribution in [0, 0.1) is 0 Å². The number of hydrogen-bond donors (Lipinski definition) is 1. The fourth-order valence-corrected chi connectivity index (χ4v) is 2.77. The van der Waals surface area contributed by atoms with E-state index in [1.807, 2.05) is 0 Å². The molecular formula is C14H18Cl2N4O. The number of fused-ring (bicyclic) bond motifs is 1. The number of rotatable bonds is 3. The van der Waals surface area contributed by atoms with Gasteiger partial charge in [-0.05, 0) is 32.1 Å². The summed E-state index contributed by atoms with van der Waals surface area (Å²) >= 11 is 5.90. The van der Waals surface area contributed by atoms with Crippen LogP contribution in [0.1, 0.15) is 12.1 Å². The van der Waals surface area contributed by atoms with Crippen molar-refractivity contribution in [2.45, 2.75) is 19.0 Å². The number of pyridine rings is 1. The van der Waals surface area contributed by atoms with Crippen LogP contribution in [0.25, 0.3) is 5.65 Å². The molecule has 1 aliphatic rings. The lowest BCUT2D eigenvalue weighted by molar-refractivity contribution is 0.246. The Hall–Kier alpha value is -1.14. The van der Waals surface area contributed by atoms with Gasteiger partial charge in [0.2, 0.25) is 0 Å². The quantitative estimate of drug-likeness (QED) is 0.929. The lowest BCUT2D eigenvalue weighted by Gasteiger charge is -2.22. The predicted octanol–water partition coefficient (Wildman–Crippen LogP) is 1.56. The van der Waals surface area contributed by atoms with Gasteiger partial charge in [0, 0.05) is 31.4 Å². The van der Waals surface area contributed by atoms with Gasteiger partial charge in [-0.3, -0.25) is 14.1 Å². The Morgan fingerprint density at radius 1 is 1.52 bits per heavy atom. The number of aromatic nitrogens is 2. The molecule has 2 aromatic heterocycles. The SMILES string of the molecule is CN(Cc1cc(=O)n2cc(Cl)ccc2n1)C1CCNC1.Cl. The van der Waals surface area contributed by atoms with Crippen LogP contribution in [0.5, 0.6) is 0 Å². The largest absolute Gasteiger partial charge is 0.315 e. The van der Waals surface area contributed by atoms with Gasteiger partial charge in [0.15, 0.2) is 0 Å². The monoisotopic (exact) mass is 328 g/mol. The molecule has 1 aliphatic heterocycles. The molecule has 1 N–H and O–H groups in total. The Kier molecular flexibility index (Phi) is 5.22. The molecule has 0 bridgehead atoms. The number of hydrogen-bond acceptors (Lipinski definition) is 4. The van der Waals surface area contributed by atoms with Gasteiger partial charge in [-0.1, -0.05) is 11.6 Å². The van der Waals surface area contributed by atoms with Crippen LogP contribution in [-0.2, 0) is 6.54 Å². The normalized spacial score (nSPS) is 18.1. The first-order chi connectivity index (χ1) is 9.63. The highest BCUT2D eigenvalue weighted by atomic mass is 35.5. The van der Waals surface area contributed by atoms with Gasteiger partial charge >= 0.3 is 0 Å². The first-order valence-electron chi connectivity index (χ1n) is 6.72. The van der Waals surface area contributed by atoms with E-state index >= 15 is 0 Å². The lowest BCUT2D eigenvalue weighted by Crippen LogP contribution is -2.33. The van der Waals surface area contributed by atoms with Crippen LogP contribution in [0.3, 0.4) is 0 Å². The molecule has 3 rings (SSSR count). The van der Waals surface area contributed by atoms with Gasteiger partial charge in [0.25, 0.3) is 5.56 Å². The Bertz CT molecular complexity index is 682. The van der Waals surface area contributed by atoms with Crippen LogP contribution in [-0.4, -0.2) is 40.5 Å². The Morgan fingerprint density at radius 3 is 3.05 bits per heavy atom. The van der Waals surface area contributed by atoms with E-state index in [2.05, 4.69) is 22.2 Å². The Morgan fingerprint density at radius 2 is 2.33 bits per heavy atom. The van der Waals surface area contributed by atoms with Crippen molar-refractivity contribution >= 4 is 29.7 Å². The highest BCUT2D eigenvalue weighted by Gasteiger charge is 2.19. The molecule has 1 unspecified atom stereocenters. The number of nitrogens with one attached hydrogen (secondary N) is 1. The summed E-state index contributed by atoms with van der Waals surface area (Å²) in [5, 5.41) is 3.87. The maximum atomic E-state index is 12.1. The van der Waals surface area contributed by atoms with Crippen LogP contribution < -0.4 is 10.9 Å². The topological polar surface area (TPSA) is 49.6 Å². The highest BCUT2D eigenvalue weighted by Crippen LogP contribution is 2.11. The van der Waals surface area contributed by atoms with Gasteiger partial charge in [-0.25, -0.2) is 4.98 Å². The molecule has 0 amide bonds. The van der Waals surface area contributed by atoms with E-state index in [1.54, 1.807) is 24.4 Å². The summed E-state index contributed by atoms with van der Waals surface area (Å²) in [4.78, 5) is 18.9. The van der Waals surface area contributed by atoms with E-state index in [4.69, 9.17) is 11.6 Å². The van der Waals surface area contributed by atoms with E-state index in [1.165, 1.54) is 4.40 Å². The molecule has 2 aromatic rings. The average molecular weight is 329 g/mol. The van der Waals surface area contributed by atoms with Crippen molar-refractivity contribution < 1.29 is 0 Å². The maximum absolute atomic E-state index is 12.1. The lowest BCUT2D eigenvalue weighted by atomic mass is 10.2. The smallest absolute Gasteiger partial charge is 0.258 e. The van der Waals surface area contributed by atoms with Crippen LogP contribution in [0.4, 0.5) is 0 Å². The Labute approximate surface area is 134 Å². The molecule has 5 nitrogen and oxygen atoms in total. The number of nitrogens with zero attached hydrogens (tertiary/aromatic N) is 3. The van der Waals surface area contributed by atoms with Crippen molar-refractivity contribution in [3.8, 4) is 0 Å². The summed E-state index contributed by atoms with van der Waals surface area (Å²) < 4.78 is 1.48. The minimum Gasteiger partial charge on any atom is -0.315 e. The van der Waals surface area contributed by atoms with Crippen LogP contribution in [0.15, 0.2) is 29.2 Å². The minimum atomic E-state index is -0.0922. The maximum Gasteiger partial charge on any atom is 0.258 e. The van der Waals surface area contributed by atoms with Gasteiger partial charge in [-0.2, -0.15) is 0 Å². The fourth-order valence-electron chi connectivity index (χ4n) is 2.61. The van der Waals surface area contributed by atoms with Crippen LogP contribution in [0.2, 0.25) is 5.02 Å². The molecule has 0 aliphatic carbocycles. The third-order valence-corrected chi connectivity index (χ3v) is 3.97. The van der Waals surface area contributed by atoms with Gasteiger partial charge in [-0.15, -0.1) is 12.4 Å². The minimum absolute atomic E-state index is 0. The van der Waals surface area contributed by atoms with E-state index in [9.17, 15) is 4.79 Å². The standard InChI is InChI=1S/C14H17ClN4O.ClH/c1-18(12-4-5-16-7-12)9-11-6-14(20)19-8-10(15)2-3-13(19)17-11;/h2-3,6,8,12,16H,4-5,7,9H2,1H3;1H. The van der Waals surface area contributed by atoms with Gasteiger partial charge in [0.05, 0.1) is 10.7 Å². The highest BCUT2D eigenvalue weighted by molar-refractivity contribution is 6.30. The van der Waals surface area contributed by atoms with Gasteiger partial charge in [0.1, 0.15) is 5.65 Å². The van der Waals surface area contributed by atoms with Crippen LogP contribution >= 0.6 is 24.0 Å². The van der Waals surface area contributed by atoms with E-state index in [0.717, 1.165) is 25.2 Å². The zero-order chi connectivity index (χ0) is 14.1. The second-order valence-corrected chi connectivity index (χ2v) is 5.66. The van der Waals surface area contributed by atoms with E-state index in [-0.39, 0.29) is 18.0 Å². The molecule has 0 aromatic carbocycles. The third kappa shape index (κ3) is 3.55. The molecule has 7 heteroatoms. The van der Waals surface area contributed by atoms with Crippen molar-refractivity contribution in [3.05, 3.63) is 45.5 Å². The first-order valence-corrected chi connectivity index (χ1v) is 7.10. The zero-order valence-electron chi connectivity index (χ0n) is 11.8. The van der Waals surface area contributed by atoms with Crippen molar-refractivity contribution in [3.63, 3.8) is 0 Å². The summed E-state index contributed by atoms with van der Waals surface area (Å²) in [5.41, 5.74) is 1.34. The molecular weight excluding hydrogens is 311 g/mol. The fraction of sp³-hybridized carbons (Fsp3) is 0.429. The first kappa shape index (κ1) is 16.2. The van der Waals surface area contributed by atoms with Crippen molar-refractivity contribution in [2.24, 2.45) is 0 Å². The van der Waals surface area contributed by atoms with E-state index < -0.39 is 0 Å². The van der Waals surface area contributed by atoms with Crippen molar-refractivity contribution in [1.29, 1.82) is 0 Å². The summed E-state index contributed by atoms with van der Waals surface area (Å²) in [6, 6.07) is 5.62. The van der Waals surface area contributed by atoms with E-state index in [0.29, 0.717) is 23.3 Å². The van der Waals surface area contributed by atoms with Crippen molar-refractivity contribution in [1.82, 2.24) is 19.6 Å². The second-order valence-electron chi connectivity index (χ2n) is 5.22. The summed E-state index contributed by atoms with van der Waals surface area (Å²) in [6.45, 7) is 2.74. The Balaban J connectivity index is 0.00000161. The molecule has 0 saturated carbocycles. The number of halogens is 2. The predicted molar refractivity (Wildman–Crippen MR) is 86.5 cm³/mol. The molecule has 0 spiro atoms.